The van der Waals surface area contributed by atoms with Crippen molar-refractivity contribution in [1.82, 2.24) is 5.32 Å². The molecule has 1 aromatic rings. The topological polar surface area (TPSA) is 81.7 Å². The Morgan fingerprint density at radius 2 is 2.00 bits per heavy atom. The fourth-order valence-corrected chi connectivity index (χ4v) is 2.90. The van der Waals surface area contributed by atoms with E-state index in [0.717, 1.165) is 5.56 Å². The fourth-order valence-electron chi connectivity index (χ4n) is 2.90. The van der Waals surface area contributed by atoms with E-state index in [4.69, 9.17) is 4.74 Å². The Hall–Kier alpha value is -2.21. The molecule has 0 radical (unpaired) electrons. The third-order valence-electron chi connectivity index (χ3n) is 4.35. The van der Waals surface area contributed by atoms with Crippen molar-refractivity contribution < 1.29 is 23.9 Å². The van der Waals surface area contributed by atoms with Crippen LogP contribution in [0.15, 0.2) is 30.3 Å². The molecule has 0 saturated carbocycles. The number of methoxy groups -OCH3 is 1. The first-order valence-corrected chi connectivity index (χ1v) is 8.08. The number of carbonyl (C=O) groups excluding carboxylic acids is 3. The smallest absolute Gasteiger partial charge is 0.313 e. The minimum atomic E-state index is -1.19. The highest BCUT2D eigenvalue weighted by atomic mass is 16.5. The maximum atomic E-state index is 12.5. The van der Waals surface area contributed by atoms with Crippen LogP contribution in [0.2, 0.25) is 0 Å². The Morgan fingerprint density at radius 1 is 1.25 bits per heavy atom. The molecule has 1 aliphatic rings. The lowest BCUT2D eigenvalue weighted by atomic mass is 9.72. The van der Waals surface area contributed by atoms with Crippen LogP contribution in [-0.4, -0.2) is 37.9 Å². The molecule has 2 rings (SSSR count). The number of carbonyl (C=O) groups is 3. The molecule has 0 spiro atoms. The highest BCUT2D eigenvalue weighted by Gasteiger charge is 2.46. The Balaban J connectivity index is 1.97. The zero-order valence-electron chi connectivity index (χ0n) is 13.9. The van der Waals surface area contributed by atoms with E-state index in [1.54, 1.807) is 0 Å². The van der Waals surface area contributed by atoms with Crippen LogP contribution in [0.3, 0.4) is 0 Å². The molecule has 6 heteroatoms. The molecular formula is C18H23NO5. The summed E-state index contributed by atoms with van der Waals surface area (Å²) in [5, 5.41) is 2.74. The average Bonchev–Trinajstić information content (AvgIpc) is 2.61. The number of hydrogen-bond donors (Lipinski definition) is 1. The molecule has 1 N–H and O–H groups in total. The largest absolute Gasteiger partial charge is 0.469 e. The molecule has 6 nitrogen and oxygen atoms in total. The summed E-state index contributed by atoms with van der Waals surface area (Å²) in [5.41, 5.74) is -0.163. The first-order valence-electron chi connectivity index (χ1n) is 8.08. The van der Waals surface area contributed by atoms with Gasteiger partial charge in [-0.25, -0.2) is 0 Å². The summed E-state index contributed by atoms with van der Waals surface area (Å²) in [6, 6.07) is 9.68. The van der Waals surface area contributed by atoms with Gasteiger partial charge in [-0.3, -0.25) is 14.4 Å². The molecule has 24 heavy (non-hydrogen) atoms. The number of ketones is 1. The SMILES string of the molecule is COC(=O)CC(=O)C1(CCOCc2ccccc2)CCCNC1=O. The second-order valence-electron chi connectivity index (χ2n) is 5.91. The first kappa shape index (κ1) is 18.1. The van der Waals surface area contributed by atoms with Crippen molar-refractivity contribution in [3.05, 3.63) is 35.9 Å². The first-order chi connectivity index (χ1) is 11.6. The van der Waals surface area contributed by atoms with Gasteiger partial charge in [0.1, 0.15) is 11.8 Å². The van der Waals surface area contributed by atoms with Gasteiger partial charge >= 0.3 is 5.97 Å². The quantitative estimate of drug-likeness (QED) is 0.444. The number of piperidine rings is 1. The van der Waals surface area contributed by atoms with E-state index < -0.39 is 17.2 Å². The number of amides is 1. The van der Waals surface area contributed by atoms with Gasteiger partial charge in [0, 0.05) is 13.2 Å². The molecule has 1 heterocycles. The molecule has 0 aliphatic carbocycles. The van der Waals surface area contributed by atoms with Crippen molar-refractivity contribution in [3.63, 3.8) is 0 Å². The molecule has 1 fully saturated rings. The lowest BCUT2D eigenvalue weighted by Gasteiger charge is -2.34. The molecule has 0 bridgehead atoms. The summed E-state index contributed by atoms with van der Waals surface area (Å²) >= 11 is 0. The van der Waals surface area contributed by atoms with Crippen molar-refractivity contribution in [1.29, 1.82) is 0 Å². The molecule has 1 atom stereocenters. The molecule has 1 unspecified atom stereocenters. The number of benzene rings is 1. The van der Waals surface area contributed by atoms with E-state index in [1.807, 2.05) is 30.3 Å². The third-order valence-corrected chi connectivity index (χ3v) is 4.35. The van der Waals surface area contributed by atoms with Crippen LogP contribution >= 0.6 is 0 Å². The number of Topliss-reactive ketones (excluding diaryl/α,β-unsaturated/α-hetero) is 1. The van der Waals surface area contributed by atoms with Gasteiger partial charge in [-0.15, -0.1) is 0 Å². The van der Waals surface area contributed by atoms with Crippen LogP contribution in [0, 0.1) is 5.41 Å². The minimum absolute atomic E-state index is 0.265. The van der Waals surface area contributed by atoms with Gasteiger partial charge in [-0.2, -0.15) is 0 Å². The van der Waals surface area contributed by atoms with E-state index >= 15 is 0 Å². The van der Waals surface area contributed by atoms with Crippen LogP contribution in [-0.2, 0) is 30.5 Å². The second kappa shape index (κ2) is 8.59. The fraction of sp³-hybridized carbons (Fsp3) is 0.500. The van der Waals surface area contributed by atoms with Gasteiger partial charge in [-0.05, 0) is 24.8 Å². The van der Waals surface area contributed by atoms with Gasteiger partial charge in [0.15, 0.2) is 5.78 Å². The van der Waals surface area contributed by atoms with Crippen molar-refractivity contribution in [3.8, 4) is 0 Å². The third kappa shape index (κ3) is 4.41. The normalized spacial score (nSPS) is 20.3. The molecule has 1 amide bonds. The average molecular weight is 333 g/mol. The van der Waals surface area contributed by atoms with Crippen molar-refractivity contribution in [2.45, 2.75) is 32.3 Å². The Labute approximate surface area is 141 Å². The zero-order valence-corrected chi connectivity index (χ0v) is 13.9. The number of rotatable bonds is 8. The van der Waals surface area contributed by atoms with Gasteiger partial charge < -0.3 is 14.8 Å². The van der Waals surface area contributed by atoms with Crippen LogP contribution in [0.4, 0.5) is 0 Å². The van der Waals surface area contributed by atoms with Crippen molar-refractivity contribution >= 4 is 17.7 Å². The lowest BCUT2D eigenvalue weighted by Crippen LogP contribution is -2.51. The monoisotopic (exact) mass is 333 g/mol. The van der Waals surface area contributed by atoms with Crippen LogP contribution in [0.5, 0.6) is 0 Å². The summed E-state index contributed by atoms with van der Waals surface area (Å²) in [5.74, 6) is -1.33. The Morgan fingerprint density at radius 3 is 2.67 bits per heavy atom. The standard InChI is InChI=1S/C18H23NO5/c1-23-16(21)12-15(20)18(8-5-10-19-17(18)22)9-11-24-13-14-6-3-2-4-7-14/h2-4,6-7H,5,8-13H2,1H3,(H,19,22). The van der Waals surface area contributed by atoms with Crippen LogP contribution < -0.4 is 5.32 Å². The van der Waals surface area contributed by atoms with E-state index in [9.17, 15) is 14.4 Å². The molecule has 1 aliphatic heterocycles. The molecule has 130 valence electrons. The van der Waals surface area contributed by atoms with Crippen molar-refractivity contribution in [2.24, 2.45) is 5.41 Å². The van der Waals surface area contributed by atoms with Gasteiger partial charge in [-0.1, -0.05) is 30.3 Å². The molecule has 1 aromatic carbocycles. The van der Waals surface area contributed by atoms with Crippen LogP contribution in [0.1, 0.15) is 31.2 Å². The van der Waals surface area contributed by atoms with Gasteiger partial charge in [0.25, 0.3) is 0 Å². The lowest BCUT2D eigenvalue weighted by molar-refractivity contribution is -0.151. The number of esters is 1. The highest BCUT2D eigenvalue weighted by molar-refractivity contribution is 6.11. The molecular weight excluding hydrogens is 310 g/mol. The predicted octanol–water partition coefficient (Wildman–Crippen LogP) is 1.62. The van der Waals surface area contributed by atoms with Gasteiger partial charge in [0.05, 0.1) is 13.7 Å². The summed E-state index contributed by atoms with van der Waals surface area (Å²) in [6.45, 7) is 1.25. The highest BCUT2D eigenvalue weighted by Crippen LogP contribution is 2.34. The maximum Gasteiger partial charge on any atom is 0.313 e. The van der Waals surface area contributed by atoms with E-state index in [2.05, 4.69) is 10.1 Å². The zero-order chi connectivity index (χ0) is 17.4. The Bertz CT molecular complexity index is 586. The van der Waals surface area contributed by atoms with E-state index in [1.165, 1.54) is 7.11 Å². The number of ether oxygens (including phenoxy) is 2. The maximum absolute atomic E-state index is 12.5. The summed E-state index contributed by atoms with van der Waals surface area (Å²) < 4.78 is 10.2. The van der Waals surface area contributed by atoms with E-state index in [0.29, 0.717) is 26.0 Å². The minimum Gasteiger partial charge on any atom is -0.469 e. The predicted molar refractivity (Wildman–Crippen MR) is 87.0 cm³/mol. The van der Waals surface area contributed by atoms with Gasteiger partial charge in [0.2, 0.25) is 5.91 Å². The van der Waals surface area contributed by atoms with Crippen molar-refractivity contribution in [2.75, 3.05) is 20.3 Å². The molecule has 0 aromatic heterocycles. The summed E-state index contributed by atoms with van der Waals surface area (Å²) in [7, 11) is 1.23. The molecule has 1 saturated heterocycles. The van der Waals surface area contributed by atoms with E-state index in [-0.39, 0.29) is 25.4 Å². The Kier molecular flexibility index (Phi) is 6.49. The number of hydrogen-bond acceptors (Lipinski definition) is 5. The summed E-state index contributed by atoms with van der Waals surface area (Å²) in [6.07, 6.45) is 1.02. The van der Waals surface area contributed by atoms with Crippen LogP contribution in [0.25, 0.3) is 0 Å². The number of nitrogens with one attached hydrogen (secondary N) is 1. The summed E-state index contributed by atoms with van der Waals surface area (Å²) in [4.78, 5) is 36.3. The second-order valence-corrected chi connectivity index (χ2v) is 5.91.